The molecule has 0 aromatic carbocycles. The van der Waals surface area contributed by atoms with Gasteiger partial charge < -0.3 is 10.2 Å². The van der Waals surface area contributed by atoms with Gasteiger partial charge >= 0.3 is 0 Å². The second-order valence-corrected chi connectivity index (χ2v) is 7.76. The Morgan fingerprint density at radius 2 is 1.85 bits per heavy atom. The summed E-state index contributed by atoms with van der Waals surface area (Å²) in [5, 5.41) is 3.82. The van der Waals surface area contributed by atoms with Gasteiger partial charge in [-0.2, -0.15) is 0 Å². The lowest BCUT2D eigenvalue weighted by molar-refractivity contribution is 0.117. The maximum Gasteiger partial charge on any atom is 0.0198 e. The molecule has 20 heavy (non-hydrogen) atoms. The van der Waals surface area contributed by atoms with Crippen molar-refractivity contribution in [3.8, 4) is 0 Å². The lowest BCUT2D eigenvalue weighted by Gasteiger charge is -2.39. The molecular weight excluding hydrogens is 244 g/mol. The molecule has 2 heteroatoms. The average Bonchev–Trinajstić information content (AvgIpc) is 2.89. The van der Waals surface area contributed by atoms with E-state index in [1.807, 2.05) is 0 Å². The molecule has 2 aliphatic rings. The average molecular weight is 280 g/mol. The standard InChI is InChI=1S/C18H36N2/c1-4-7-17-10-18(19-11-15(2)3)14-20(13-17)12-16-8-5-6-9-16/h15-19H,4-14H2,1-3H3. The topological polar surface area (TPSA) is 15.3 Å². The van der Waals surface area contributed by atoms with Gasteiger partial charge in [-0.15, -0.1) is 0 Å². The molecule has 2 nitrogen and oxygen atoms in total. The summed E-state index contributed by atoms with van der Waals surface area (Å²) >= 11 is 0. The van der Waals surface area contributed by atoms with Crippen molar-refractivity contribution in [3.05, 3.63) is 0 Å². The molecule has 118 valence electrons. The molecule has 0 aromatic heterocycles. The lowest BCUT2D eigenvalue weighted by Crippen LogP contribution is -2.50. The van der Waals surface area contributed by atoms with Crippen molar-refractivity contribution in [2.24, 2.45) is 17.8 Å². The smallest absolute Gasteiger partial charge is 0.0198 e. The predicted octanol–water partition coefficient (Wildman–Crippen LogP) is 3.91. The third kappa shape index (κ3) is 5.37. The van der Waals surface area contributed by atoms with Crippen LogP contribution in [0.15, 0.2) is 0 Å². The highest BCUT2D eigenvalue weighted by Crippen LogP contribution is 2.28. The summed E-state index contributed by atoms with van der Waals surface area (Å²) in [7, 11) is 0. The molecule has 1 saturated carbocycles. The molecule has 0 spiro atoms. The first kappa shape index (κ1) is 16.3. The van der Waals surface area contributed by atoms with E-state index in [1.165, 1.54) is 71.1 Å². The van der Waals surface area contributed by atoms with Gasteiger partial charge in [0.1, 0.15) is 0 Å². The zero-order valence-electron chi connectivity index (χ0n) is 14.0. The normalized spacial score (nSPS) is 29.4. The lowest BCUT2D eigenvalue weighted by atomic mass is 9.89. The minimum atomic E-state index is 0.740. The maximum absolute atomic E-state index is 3.82. The van der Waals surface area contributed by atoms with Crippen LogP contribution in [0, 0.1) is 17.8 Å². The Bertz CT molecular complexity index is 258. The maximum atomic E-state index is 3.82. The van der Waals surface area contributed by atoms with Gasteiger partial charge in [0.05, 0.1) is 0 Å². The Kier molecular flexibility index (Phi) is 6.83. The van der Waals surface area contributed by atoms with Crippen molar-refractivity contribution < 1.29 is 0 Å². The molecule has 1 aliphatic heterocycles. The number of rotatable bonds is 7. The summed E-state index contributed by atoms with van der Waals surface area (Å²) in [6, 6.07) is 0.740. The van der Waals surface area contributed by atoms with Crippen LogP contribution in [0.2, 0.25) is 0 Å². The van der Waals surface area contributed by atoms with Crippen molar-refractivity contribution in [2.45, 2.75) is 71.8 Å². The molecule has 0 aromatic rings. The van der Waals surface area contributed by atoms with E-state index in [-0.39, 0.29) is 0 Å². The monoisotopic (exact) mass is 280 g/mol. The summed E-state index contributed by atoms with van der Waals surface area (Å²) in [6.45, 7) is 12.2. The minimum absolute atomic E-state index is 0.740. The molecular formula is C18H36N2. The van der Waals surface area contributed by atoms with Crippen LogP contribution in [-0.4, -0.2) is 37.1 Å². The van der Waals surface area contributed by atoms with Crippen LogP contribution in [0.1, 0.15) is 65.7 Å². The molecule has 1 N–H and O–H groups in total. The van der Waals surface area contributed by atoms with E-state index >= 15 is 0 Å². The molecule has 0 radical (unpaired) electrons. The second kappa shape index (κ2) is 8.38. The van der Waals surface area contributed by atoms with Gasteiger partial charge in [0, 0.05) is 25.7 Å². The van der Waals surface area contributed by atoms with Crippen molar-refractivity contribution in [1.82, 2.24) is 10.2 Å². The molecule has 1 heterocycles. The third-order valence-corrected chi connectivity index (χ3v) is 5.12. The number of likely N-dealkylation sites (tertiary alicyclic amines) is 1. The van der Waals surface area contributed by atoms with Crippen LogP contribution in [0.5, 0.6) is 0 Å². The Labute approximate surface area is 126 Å². The van der Waals surface area contributed by atoms with E-state index in [9.17, 15) is 0 Å². The largest absolute Gasteiger partial charge is 0.312 e. The number of nitrogens with one attached hydrogen (secondary N) is 1. The van der Waals surface area contributed by atoms with Crippen LogP contribution in [0.3, 0.4) is 0 Å². The van der Waals surface area contributed by atoms with Crippen molar-refractivity contribution in [2.75, 3.05) is 26.2 Å². The first-order chi connectivity index (χ1) is 9.67. The molecule has 1 saturated heterocycles. The summed E-state index contributed by atoms with van der Waals surface area (Å²) < 4.78 is 0. The highest BCUT2D eigenvalue weighted by atomic mass is 15.2. The Balaban J connectivity index is 1.82. The number of hydrogen-bond donors (Lipinski definition) is 1. The fraction of sp³-hybridized carbons (Fsp3) is 1.00. The SMILES string of the molecule is CCCC1CC(NCC(C)C)CN(CC2CCCC2)C1. The fourth-order valence-corrected chi connectivity index (χ4v) is 4.18. The Morgan fingerprint density at radius 3 is 2.50 bits per heavy atom. The fourth-order valence-electron chi connectivity index (χ4n) is 4.18. The van der Waals surface area contributed by atoms with E-state index in [0.717, 1.165) is 23.8 Å². The van der Waals surface area contributed by atoms with E-state index in [4.69, 9.17) is 0 Å². The third-order valence-electron chi connectivity index (χ3n) is 5.12. The molecule has 0 bridgehead atoms. The van der Waals surface area contributed by atoms with Crippen molar-refractivity contribution >= 4 is 0 Å². The highest BCUT2D eigenvalue weighted by molar-refractivity contribution is 4.85. The summed E-state index contributed by atoms with van der Waals surface area (Å²) in [5.74, 6) is 2.70. The molecule has 2 rings (SSSR count). The number of hydrogen-bond acceptors (Lipinski definition) is 2. The van der Waals surface area contributed by atoms with Gasteiger partial charge in [0.2, 0.25) is 0 Å². The second-order valence-electron chi connectivity index (χ2n) is 7.76. The van der Waals surface area contributed by atoms with Crippen LogP contribution < -0.4 is 5.32 Å². The first-order valence-corrected chi connectivity index (χ1v) is 9.13. The van der Waals surface area contributed by atoms with E-state index in [0.29, 0.717) is 0 Å². The summed E-state index contributed by atoms with van der Waals surface area (Å²) in [6.07, 6.45) is 10.1. The highest BCUT2D eigenvalue weighted by Gasteiger charge is 2.28. The summed E-state index contributed by atoms with van der Waals surface area (Å²) in [4.78, 5) is 2.79. The van der Waals surface area contributed by atoms with Crippen LogP contribution in [-0.2, 0) is 0 Å². The zero-order chi connectivity index (χ0) is 14.4. The Hall–Kier alpha value is -0.0800. The van der Waals surface area contributed by atoms with Gasteiger partial charge in [-0.05, 0) is 50.0 Å². The van der Waals surface area contributed by atoms with E-state index < -0.39 is 0 Å². The van der Waals surface area contributed by atoms with Gasteiger partial charge in [0.25, 0.3) is 0 Å². The van der Waals surface area contributed by atoms with E-state index in [2.05, 4.69) is 31.0 Å². The van der Waals surface area contributed by atoms with E-state index in [1.54, 1.807) is 0 Å². The van der Waals surface area contributed by atoms with Crippen LogP contribution in [0.25, 0.3) is 0 Å². The molecule has 1 aliphatic carbocycles. The quantitative estimate of drug-likeness (QED) is 0.760. The molecule has 2 fully saturated rings. The van der Waals surface area contributed by atoms with Gasteiger partial charge in [-0.3, -0.25) is 0 Å². The minimum Gasteiger partial charge on any atom is -0.312 e. The van der Waals surface area contributed by atoms with Crippen LogP contribution >= 0.6 is 0 Å². The predicted molar refractivity (Wildman–Crippen MR) is 88.0 cm³/mol. The van der Waals surface area contributed by atoms with Gasteiger partial charge in [-0.25, -0.2) is 0 Å². The number of nitrogens with zero attached hydrogens (tertiary/aromatic N) is 1. The zero-order valence-corrected chi connectivity index (χ0v) is 14.0. The van der Waals surface area contributed by atoms with Crippen molar-refractivity contribution in [3.63, 3.8) is 0 Å². The van der Waals surface area contributed by atoms with Gasteiger partial charge in [0.15, 0.2) is 0 Å². The number of piperidine rings is 1. The molecule has 0 amide bonds. The van der Waals surface area contributed by atoms with Crippen LogP contribution in [0.4, 0.5) is 0 Å². The molecule has 2 atom stereocenters. The first-order valence-electron chi connectivity index (χ1n) is 9.13. The van der Waals surface area contributed by atoms with Crippen molar-refractivity contribution in [1.29, 1.82) is 0 Å². The Morgan fingerprint density at radius 1 is 1.10 bits per heavy atom. The van der Waals surface area contributed by atoms with Gasteiger partial charge in [-0.1, -0.05) is 40.0 Å². The molecule has 2 unspecified atom stereocenters. The summed E-state index contributed by atoms with van der Waals surface area (Å²) in [5.41, 5.74) is 0.